The van der Waals surface area contributed by atoms with Crippen molar-refractivity contribution in [2.45, 2.75) is 32.4 Å². The first-order valence-electron chi connectivity index (χ1n) is 6.20. The van der Waals surface area contributed by atoms with E-state index in [2.05, 4.69) is 10.4 Å². The fourth-order valence-electron chi connectivity index (χ4n) is 2.30. The molecular formula is C13H15N3O2. The molecule has 94 valence electrons. The van der Waals surface area contributed by atoms with Gasteiger partial charge in [0.05, 0.1) is 12.5 Å². The second-order valence-electron chi connectivity index (χ2n) is 4.46. The van der Waals surface area contributed by atoms with Crippen molar-refractivity contribution in [3.05, 3.63) is 41.6 Å². The predicted octanol–water partition coefficient (Wildman–Crippen LogP) is 1.74. The van der Waals surface area contributed by atoms with Crippen molar-refractivity contribution in [1.29, 1.82) is 0 Å². The van der Waals surface area contributed by atoms with Crippen molar-refractivity contribution < 1.29 is 9.21 Å². The average molecular weight is 245 g/mol. The van der Waals surface area contributed by atoms with Crippen LogP contribution in [-0.2, 0) is 19.5 Å². The fourth-order valence-corrected chi connectivity index (χ4v) is 2.30. The van der Waals surface area contributed by atoms with Gasteiger partial charge >= 0.3 is 0 Å². The van der Waals surface area contributed by atoms with Gasteiger partial charge in [0.15, 0.2) is 5.76 Å². The van der Waals surface area contributed by atoms with Crippen LogP contribution in [0.1, 0.15) is 34.7 Å². The van der Waals surface area contributed by atoms with E-state index in [0.29, 0.717) is 12.3 Å². The molecule has 0 radical (unpaired) electrons. The summed E-state index contributed by atoms with van der Waals surface area (Å²) in [6.45, 7) is 1.50. The molecule has 1 amide bonds. The lowest BCUT2D eigenvalue weighted by molar-refractivity contribution is 0.0923. The molecule has 3 rings (SSSR count). The van der Waals surface area contributed by atoms with Crippen molar-refractivity contribution in [1.82, 2.24) is 15.1 Å². The van der Waals surface area contributed by atoms with Crippen LogP contribution in [0.4, 0.5) is 0 Å². The number of fused-ring (bicyclic) bond motifs is 1. The van der Waals surface area contributed by atoms with Gasteiger partial charge in [-0.15, -0.1) is 0 Å². The second kappa shape index (κ2) is 4.68. The summed E-state index contributed by atoms with van der Waals surface area (Å²) in [5, 5.41) is 7.19. The summed E-state index contributed by atoms with van der Waals surface area (Å²) in [4.78, 5) is 11.7. The molecule has 5 nitrogen and oxygen atoms in total. The molecular weight excluding hydrogens is 230 g/mol. The predicted molar refractivity (Wildman–Crippen MR) is 65.0 cm³/mol. The molecule has 3 heterocycles. The first kappa shape index (κ1) is 11.1. The molecule has 1 aliphatic heterocycles. The molecule has 0 saturated heterocycles. The van der Waals surface area contributed by atoms with Gasteiger partial charge in [-0.1, -0.05) is 0 Å². The van der Waals surface area contributed by atoms with Gasteiger partial charge in [-0.05, 0) is 31.4 Å². The molecule has 0 aromatic carbocycles. The smallest absolute Gasteiger partial charge is 0.287 e. The van der Waals surface area contributed by atoms with Crippen molar-refractivity contribution in [2.75, 3.05) is 0 Å². The molecule has 0 saturated carbocycles. The first-order valence-corrected chi connectivity index (χ1v) is 6.20. The Bertz CT molecular complexity index is 543. The summed E-state index contributed by atoms with van der Waals surface area (Å²) < 4.78 is 7.08. The number of rotatable bonds is 3. The van der Waals surface area contributed by atoms with Crippen molar-refractivity contribution in [2.24, 2.45) is 0 Å². The van der Waals surface area contributed by atoms with Crippen LogP contribution in [0.15, 0.2) is 29.0 Å². The summed E-state index contributed by atoms with van der Waals surface area (Å²) in [5.41, 5.74) is 2.36. The lowest BCUT2D eigenvalue weighted by Crippen LogP contribution is -2.23. The molecule has 0 bridgehead atoms. The van der Waals surface area contributed by atoms with E-state index in [9.17, 15) is 4.79 Å². The SMILES string of the molecule is O=C(NCc1cnn2c1CCCC2)c1ccco1. The monoisotopic (exact) mass is 245 g/mol. The van der Waals surface area contributed by atoms with Crippen LogP contribution in [0.25, 0.3) is 0 Å². The molecule has 18 heavy (non-hydrogen) atoms. The largest absolute Gasteiger partial charge is 0.459 e. The van der Waals surface area contributed by atoms with E-state index in [1.807, 2.05) is 10.9 Å². The van der Waals surface area contributed by atoms with Gasteiger partial charge in [0.2, 0.25) is 0 Å². The van der Waals surface area contributed by atoms with E-state index in [0.717, 1.165) is 18.5 Å². The topological polar surface area (TPSA) is 60.1 Å². The highest BCUT2D eigenvalue weighted by atomic mass is 16.3. The number of amides is 1. The highest BCUT2D eigenvalue weighted by Gasteiger charge is 2.15. The molecule has 1 aliphatic rings. The maximum absolute atomic E-state index is 11.7. The Morgan fingerprint density at radius 1 is 1.50 bits per heavy atom. The molecule has 0 atom stereocenters. The van der Waals surface area contributed by atoms with Crippen LogP contribution in [-0.4, -0.2) is 15.7 Å². The number of hydrogen-bond donors (Lipinski definition) is 1. The molecule has 0 aliphatic carbocycles. The van der Waals surface area contributed by atoms with Crippen molar-refractivity contribution in [3.63, 3.8) is 0 Å². The normalized spacial score (nSPS) is 14.2. The third-order valence-corrected chi connectivity index (χ3v) is 3.25. The Morgan fingerprint density at radius 2 is 2.44 bits per heavy atom. The number of carbonyl (C=O) groups is 1. The van der Waals surface area contributed by atoms with E-state index in [1.54, 1.807) is 12.1 Å². The maximum atomic E-state index is 11.7. The van der Waals surface area contributed by atoms with Crippen LogP contribution >= 0.6 is 0 Å². The fraction of sp³-hybridized carbons (Fsp3) is 0.385. The van der Waals surface area contributed by atoms with Gasteiger partial charge < -0.3 is 9.73 Å². The molecule has 2 aromatic rings. The lowest BCUT2D eigenvalue weighted by atomic mass is 10.1. The molecule has 5 heteroatoms. The minimum absolute atomic E-state index is 0.184. The molecule has 0 fully saturated rings. The molecule has 0 spiro atoms. The van der Waals surface area contributed by atoms with Gasteiger partial charge in [-0.2, -0.15) is 5.10 Å². The van der Waals surface area contributed by atoms with Crippen molar-refractivity contribution >= 4 is 5.91 Å². The van der Waals surface area contributed by atoms with Gasteiger partial charge in [0.1, 0.15) is 0 Å². The lowest BCUT2D eigenvalue weighted by Gasteiger charge is -2.14. The number of aromatic nitrogens is 2. The van der Waals surface area contributed by atoms with E-state index < -0.39 is 0 Å². The average Bonchev–Trinajstić information content (AvgIpc) is 3.06. The zero-order valence-corrected chi connectivity index (χ0v) is 10.1. The minimum atomic E-state index is -0.184. The third kappa shape index (κ3) is 2.03. The van der Waals surface area contributed by atoms with Crippen LogP contribution < -0.4 is 5.32 Å². The summed E-state index contributed by atoms with van der Waals surface area (Å²) in [6.07, 6.45) is 6.78. The molecule has 2 aromatic heterocycles. The molecule has 0 unspecified atom stereocenters. The van der Waals surface area contributed by atoms with E-state index in [1.165, 1.54) is 24.8 Å². The number of nitrogens with zero attached hydrogens (tertiary/aromatic N) is 2. The number of hydrogen-bond acceptors (Lipinski definition) is 3. The minimum Gasteiger partial charge on any atom is -0.459 e. The zero-order chi connectivity index (χ0) is 12.4. The summed E-state index contributed by atoms with van der Waals surface area (Å²) in [6, 6.07) is 3.36. The highest BCUT2D eigenvalue weighted by molar-refractivity contribution is 5.91. The Kier molecular flexibility index (Phi) is 2.88. The van der Waals surface area contributed by atoms with E-state index in [-0.39, 0.29) is 5.91 Å². The quantitative estimate of drug-likeness (QED) is 0.896. The van der Waals surface area contributed by atoms with E-state index >= 15 is 0 Å². The number of furan rings is 1. The summed E-state index contributed by atoms with van der Waals surface area (Å²) >= 11 is 0. The third-order valence-electron chi connectivity index (χ3n) is 3.25. The number of carbonyl (C=O) groups excluding carboxylic acids is 1. The summed E-state index contributed by atoms with van der Waals surface area (Å²) in [7, 11) is 0. The van der Waals surface area contributed by atoms with Gasteiger partial charge in [0.25, 0.3) is 5.91 Å². The highest BCUT2D eigenvalue weighted by Crippen LogP contribution is 2.17. The van der Waals surface area contributed by atoms with Crippen LogP contribution in [0.5, 0.6) is 0 Å². The number of aryl methyl sites for hydroxylation is 1. The molecule has 1 N–H and O–H groups in total. The van der Waals surface area contributed by atoms with Gasteiger partial charge in [-0.3, -0.25) is 9.48 Å². The second-order valence-corrected chi connectivity index (χ2v) is 4.46. The maximum Gasteiger partial charge on any atom is 0.287 e. The van der Waals surface area contributed by atoms with Gasteiger partial charge in [0, 0.05) is 24.3 Å². The van der Waals surface area contributed by atoms with Crippen molar-refractivity contribution in [3.8, 4) is 0 Å². The van der Waals surface area contributed by atoms with Crippen LogP contribution in [0, 0.1) is 0 Å². The zero-order valence-electron chi connectivity index (χ0n) is 10.1. The Balaban J connectivity index is 1.67. The van der Waals surface area contributed by atoms with Gasteiger partial charge in [-0.25, -0.2) is 0 Å². The first-order chi connectivity index (χ1) is 8.84. The van der Waals surface area contributed by atoms with Crippen LogP contribution in [0.3, 0.4) is 0 Å². The Morgan fingerprint density at radius 3 is 3.28 bits per heavy atom. The van der Waals surface area contributed by atoms with Crippen LogP contribution in [0.2, 0.25) is 0 Å². The van der Waals surface area contributed by atoms with E-state index in [4.69, 9.17) is 4.42 Å². The standard InChI is InChI=1S/C13H15N3O2/c17-13(12-5-3-7-18-12)14-8-10-9-15-16-6-2-1-4-11(10)16/h3,5,7,9H,1-2,4,6,8H2,(H,14,17). The Labute approximate surface area is 105 Å². The summed E-state index contributed by atoms with van der Waals surface area (Å²) in [5.74, 6) is 0.159. The number of nitrogens with one attached hydrogen (secondary N) is 1. The Hall–Kier alpha value is -2.04.